The van der Waals surface area contributed by atoms with Crippen molar-refractivity contribution in [1.29, 1.82) is 0 Å². The maximum absolute atomic E-state index is 13.6. The van der Waals surface area contributed by atoms with Gasteiger partial charge in [-0.1, -0.05) is 18.2 Å². The molecule has 1 fully saturated rings. The highest BCUT2D eigenvalue weighted by Crippen LogP contribution is 2.41. The number of carbonyl (C=O) groups is 1. The Morgan fingerprint density at radius 1 is 1.00 bits per heavy atom. The molecule has 1 saturated heterocycles. The van der Waals surface area contributed by atoms with E-state index in [0.717, 1.165) is 12.2 Å². The van der Waals surface area contributed by atoms with Crippen molar-refractivity contribution in [2.45, 2.75) is 56.8 Å². The summed E-state index contributed by atoms with van der Waals surface area (Å²) in [5.74, 6) is -2.43. The molecule has 3 nitrogen and oxygen atoms in total. The van der Waals surface area contributed by atoms with Gasteiger partial charge in [-0.3, -0.25) is 9.69 Å². The second kappa shape index (κ2) is 9.87. The van der Waals surface area contributed by atoms with E-state index < -0.39 is 71.2 Å². The molecule has 0 aromatic heterocycles. The topological polar surface area (TPSA) is 40.5 Å². The van der Waals surface area contributed by atoms with Crippen LogP contribution in [-0.2, 0) is 23.7 Å². The average Bonchev–Trinajstić information content (AvgIpc) is 2.71. The smallest absolute Gasteiger partial charge is 0.416 e. The number of rotatable bonds is 5. The fourth-order valence-electron chi connectivity index (χ4n) is 4.92. The van der Waals surface area contributed by atoms with Crippen molar-refractivity contribution in [3.05, 3.63) is 58.7 Å². The van der Waals surface area contributed by atoms with Crippen molar-refractivity contribution in [3.8, 4) is 0 Å². The van der Waals surface area contributed by atoms with Crippen LogP contribution < -0.4 is 0 Å². The molecule has 12 heteroatoms. The van der Waals surface area contributed by atoms with Crippen molar-refractivity contribution in [2.24, 2.45) is 11.8 Å². The summed E-state index contributed by atoms with van der Waals surface area (Å²) in [6.45, 7) is -0.395. The summed E-state index contributed by atoms with van der Waals surface area (Å²) in [6.07, 6.45) is -11.1. The number of allylic oxidation sites excluding steroid dienone is 3. The van der Waals surface area contributed by atoms with Gasteiger partial charge >= 0.3 is 24.5 Å². The lowest BCUT2D eigenvalue weighted by Gasteiger charge is -2.45. The zero-order valence-corrected chi connectivity index (χ0v) is 18.1. The van der Waals surface area contributed by atoms with Crippen LogP contribution >= 0.6 is 0 Å². The number of piperidine rings is 1. The summed E-state index contributed by atoms with van der Waals surface area (Å²) in [6, 6.07) is 0.377. The average molecular weight is 515 g/mol. The summed E-state index contributed by atoms with van der Waals surface area (Å²) in [7, 11) is 0. The Hall–Kier alpha value is -2.50. The van der Waals surface area contributed by atoms with Crippen molar-refractivity contribution < 1.29 is 49.4 Å². The van der Waals surface area contributed by atoms with Gasteiger partial charge in [0.15, 0.2) is 0 Å². The van der Waals surface area contributed by atoms with E-state index in [1.165, 1.54) is 11.0 Å². The van der Waals surface area contributed by atoms with Gasteiger partial charge in [0.05, 0.1) is 16.7 Å². The van der Waals surface area contributed by atoms with E-state index in [1.807, 2.05) is 0 Å². The molecule has 35 heavy (non-hydrogen) atoms. The highest BCUT2D eigenvalue weighted by atomic mass is 19.4. The first-order valence-corrected chi connectivity index (χ1v) is 10.8. The highest BCUT2D eigenvalue weighted by molar-refractivity contribution is 5.67. The van der Waals surface area contributed by atoms with Crippen LogP contribution in [0.2, 0.25) is 0 Å². The number of carboxylic acids is 1. The SMILES string of the molecule is O=C(O)C[C@H]1CCCN(Cc2cc(C(F)(F)F)ccc2C(F)(F)F)[C@H]1C1C=CC(C(F)(F)F)=CC1. The van der Waals surface area contributed by atoms with Gasteiger partial charge in [0.1, 0.15) is 0 Å². The van der Waals surface area contributed by atoms with E-state index in [2.05, 4.69) is 0 Å². The van der Waals surface area contributed by atoms with Crippen LogP contribution in [0.4, 0.5) is 39.5 Å². The summed E-state index contributed by atoms with van der Waals surface area (Å²) < 4.78 is 119. The Balaban J connectivity index is 1.98. The van der Waals surface area contributed by atoms with E-state index in [9.17, 15) is 49.4 Å². The molecule has 1 aliphatic carbocycles. The van der Waals surface area contributed by atoms with Gasteiger partial charge in [-0.15, -0.1) is 0 Å². The molecule has 2 aliphatic rings. The first-order valence-electron chi connectivity index (χ1n) is 10.8. The number of aliphatic carboxylic acids is 1. The minimum Gasteiger partial charge on any atom is -0.481 e. The lowest BCUT2D eigenvalue weighted by molar-refractivity contribution is -0.142. The van der Waals surface area contributed by atoms with Crippen molar-refractivity contribution in [1.82, 2.24) is 4.90 Å². The molecule has 194 valence electrons. The number of hydrogen-bond acceptors (Lipinski definition) is 2. The molecule has 1 unspecified atom stereocenters. The molecule has 3 rings (SSSR count). The second-order valence-corrected chi connectivity index (χ2v) is 8.74. The Kier molecular flexibility index (Phi) is 7.64. The molecule has 1 aromatic rings. The third kappa shape index (κ3) is 6.59. The van der Waals surface area contributed by atoms with Crippen LogP contribution in [-0.4, -0.2) is 34.7 Å². The Labute approximate surface area is 194 Å². The monoisotopic (exact) mass is 515 g/mol. The van der Waals surface area contributed by atoms with Gasteiger partial charge in [0.25, 0.3) is 0 Å². The highest BCUT2D eigenvalue weighted by Gasteiger charge is 2.42. The fraction of sp³-hybridized carbons (Fsp3) is 0.522. The first-order chi connectivity index (χ1) is 16.1. The quantitative estimate of drug-likeness (QED) is 0.437. The van der Waals surface area contributed by atoms with Crippen molar-refractivity contribution >= 4 is 5.97 Å². The standard InChI is InChI=1S/C23H22F9NO2/c24-21(25,26)16-5-3-13(4-6-16)20-14(11-19(34)35)2-1-9-33(20)12-15-10-17(22(27,28)29)7-8-18(15)23(30,31)32/h3,5-8,10,13-14,20H,1-2,4,9,11-12H2,(H,34,35)/t13?,14-,20+/m1/s1. The van der Waals surface area contributed by atoms with Crippen LogP contribution in [0.1, 0.15) is 42.4 Å². The van der Waals surface area contributed by atoms with Gasteiger partial charge in [-0.25, -0.2) is 0 Å². The fourth-order valence-corrected chi connectivity index (χ4v) is 4.92. The minimum absolute atomic E-state index is 0.128. The largest absolute Gasteiger partial charge is 0.481 e. The van der Waals surface area contributed by atoms with Crippen LogP contribution in [0.3, 0.4) is 0 Å². The maximum Gasteiger partial charge on any atom is 0.416 e. The molecule has 0 radical (unpaired) electrons. The summed E-state index contributed by atoms with van der Waals surface area (Å²) in [5, 5.41) is 9.31. The summed E-state index contributed by atoms with van der Waals surface area (Å²) >= 11 is 0. The number of carboxylic acid groups (broad SMARTS) is 1. The number of hydrogen-bond donors (Lipinski definition) is 1. The van der Waals surface area contributed by atoms with Crippen molar-refractivity contribution in [2.75, 3.05) is 6.54 Å². The molecule has 0 bridgehead atoms. The van der Waals surface area contributed by atoms with Gasteiger partial charge in [-0.2, -0.15) is 39.5 Å². The number of nitrogens with zero attached hydrogens (tertiary/aromatic N) is 1. The molecule has 0 saturated carbocycles. The predicted octanol–water partition coefficient (Wildman–Crippen LogP) is 6.84. The molecule has 0 spiro atoms. The van der Waals surface area contributed by atoms with Crippen LogP contribution in [0.5, 0.6) is 0 Å². The number of likely N-dealkylation sites (tertiary alicyclic amines) is 1. The maximum atomic E-state index is 13.6. The van der Waals surface area contributed by atoms with E-state index in [4.69, 9.17) is 0 Å². The molecular weight excluding hydrogens is 493 g/mol. The van der Waals surface area contributed by atoms with Crippen LogP contribution in [0.25, 0.3) is 0 Å². The lowest BCUT2D eigenvalue weighted by Crippen LogP contribution is -2.49. The van der Waals surface area contributed by atoms with E-state index in [-0.39, 0.29) is 19.4 Å². The van der Waals surface area contributed by atoms with Gasteiger partial charge < -0.3 is 5.11 Å². The van der Waals surface area contributed by atoms with Crippen molar-refractivity contribution in [3.63, 3.8) is 0 Å². The first kappa shape index (κ1) is 27.1. The predicted molar refractivity (Wildman–Crippen MR) is 107 cm³/mol. The zero-order chi connectivity index (χ0) is 26.2. The molecule has 3 atom stereocenters. The summed E-state index contributed by atoms with van der Waals surface area (Å²) in [5.41, 5.74) is -4.02. The Bertz CT molecular complexity index is 992. The molecule has 1 aliphatic heterocycles. The number of halogens is 9. The van der Waals surface area contributed by atoms with Gasteiger partial charge in [0, 0.05) is 19.0 Å². The molecule has 1 heterocycles. The zero-order valence-electron chi connectivity index (χ0n) is 18.1. The molecule has 1 aromatic carbocycles. The number of alkyl halides is 9. The van der Waals surface area contributed by atoms with Crippen LogP contribution in [0, 0.1) is 11.8 Å². The van der Waals surface area contributed by atoms with Crippen LogP contribution in [0.15, 0.2) is 42.0 Å². The van der Waals surface area contributed by atoms with E-state index >= 15 is 0 Å². The minimum atomic E-state index is -4.93. The third-order valence-corrected chi connectivity index (χ3v) is 6.37. The normalized spacial score (nSPS) is 24.4. The third-order valence-electron chi connectivity index (χ3n) is 6.37. The molecular formula is C23H22F9NO2. The second-order valence-electron chi connectivity index (χ2n) is 8.74. The van der Waals surface area contributed by atoms with Gasteiger partial charge in [0.2, 0.25) is 0 Å². The lowest BCUT2D eigenvalue weighted by atomic mass is 9.76. The Morgan fingerprint density at radius 2 is 1.69 bits per heavy atom. The Morgan fingerprint density at radius 3 is 2.20 bits per heavy atom. The van der Waals surface area contributed by atoms with Gasteiger partial charge in [-0.05, 0) is 61.4 Å². The number of benzene rings is 1. The molecule has 1 N–H and O–H groups in total. The van der Waals surface area contributed by atoms with E-state index in [0.29, 0.717) is 31.0 Å². The molecule has 0 amide bonds. The van der Waals surface area contributed by atoms with E-state index in [1.54, 1.807) is 0 Å². The summed E-state index contributed by atoms with van der Waals surface area (Å²) in [4.78, 5) is 12.9.